The summed E-state index contributed by atoms with van der Waals surface area (Å²) in [6.45, 7) is 0.578. The van der Waals surface area contributed by atoms with Crippen LogP contribution in [0.15, 0.2) is 79.4 Å². The van der Waals surface area contributed by atoms with Gasteiger partial charge in [0.2, 0.25) is 0 Å². The third-order valence-electron chi connectivity index (χ3n) is 4.68. The Morgan fingerprint density at radius 3 is 2.59 bits per heavy atom. The summed E-state index contributed by atoms with van der Waals surface area (Å²) in [5.74, 6) is 0.0455. The maximum atomic E-state index is 13.4. The maximum Gasteiger partial charge on any atom is 0.255 e. The van der Waals surface area contributed by atoms with Gasteiger partial charge in [0.05, 0.1) is 18.3 Å². The van der Waals surface area contributed by atoms with Crippen molar-refractivity contribution >= 4 is 5.91 Å². The van der Waals surface area contributed by atoms with Crippen LogP contribution in [0.5, 0.6) is 0 Å². The number of carbonyl (C=O) groups is 1. The van der Waals surface area contributed by atoms with Crippen LogP contribution in [0.4, 0.5) is 4.39 Å². The van der Waals surface area contributed by atoms with Crippen LogP contribution in [-0.2, 0) is 13.6 Å². The predicted octanol–water partition coefficient (Wildman–Crippen LogP) is 3.32. The van der Waals surface area contributed by atoms with Gasteiger partial charge in [-0.05, 0) is 23.3 Å². The van der Waals surface area contributed by atoms with Crippen LogP contribution < -0.4 is 5.32 Å². The number of carbonyl (C=O) groups excluding carboxylic acids is 1. The number of nitrogens with one attached hydrogen (secondary N) is 1. The second-order valence-corrected chi connectivity index (χ2v) is 6.77. The molecule has 1 amide bonds. The van der Waals surface area contributed by atoms with E-state index in [4.69, 9.17) is 0 Å². The molecule has 1 atom stereocenters. The van der Waals surface area contributed by atoms with Gasteiger partial charge in [-0.2, -0.15) is 5.10 Å². The van der Waals surface area contributed by atoms with E-state index in [1.807, 2.05) is 41.9 Å². The van der Waals surface area contributed by atoms with Crippen LogP contribution in [-0.4, -0.2) is 25.2 Å². The lowest BCUT2D eigenvalue weighted by atomic mass is 10.1. The summed E-state index contributed by atoms with van der Waals surface area (Å²) in [6, 6.07) is 15.4. The Bertz CT molecular complexity index is 1100. The van der Waals surface area contributed by atoms with Crippen LogP contribution in [0.25, 0.3) is 0 Å². The highest BCUT2D eigenvalue weighted by Crippen LogP contribution is 2.21. The molecule has 7 heteroatoms. The van der Waals surface area contributed by atoms with Crippen LogP contribution in [0.2, 0.25) is 0 Å². The second-order valence-electron chi connectivity index (χ2n) is 6.77. The van der Waals surface area contributed by atoms with Crippen LogP contribution in [0, 0.1) is 5.82 Å². The SMILES string of the molecule is Cn1ccnc1C(NC(=O)c1cnn(Cc2ccccc2)c1)c1ccc(F)cc1. The molecule has 0 aliphatic rings. The molecule has 0 aliphatic carbocycles. The average Bonchev–Trinajstić information content (AvgIpc) is 3.37. The molecule has 6 nitrogen and oxygen atoms in total. The minimum absolute atomic E-state index is 0.276. The Hall–Kier alpha value is -3.74. The van der Waals surface area contributed by atoms with E-state index in [-0.39, 0.29) is 11.7 Å². The number of amides is 1. The fraction of sp³-hybridized carbons (Fsp3) is 0.136. The molecule has 1 N–H and O–H groups in total. The molecule has 0 saturated heterocycles. The van der Waals surface area contributed by atoms with Crippen molar-refractivity contribution < 1.29 is 9.18 Å². The molecule has 0 aliphatic heterocycles. The Morgan fingerprint density at radius 2 is 1.90 bits per heavy atom. The van der Waals surface area contributed by atoms with E-state index in [0.717, 1.165) is 11.1 Å². The topological polar surface area (TPSA) is 64.7 Å². The van der Waals surface area contributed by atoms with Crippen molar-refractivity contribution in [1.29, 1.82) is 0 Å². The van der Waals surface area contributed by atoms with Crippen molar-refractivity contribution in [1.82, 2.24) is 24.6 Å². The second kappa shape index (κ2) is 8.10. The normalized spacial score (nSPS) is 11.9. The predicted molar refractivity (Wildman–Crippen MR) is 107 cm³/mol. The molecular weight excluding hydrogens is 369 g/mol. The zero-order valence-electron chi connectivity index (χ0n) is 15.9. The average molecular weight is 389 g/mol. The first-order valence-corrected chi connectivity index (χ1v) is 9.20. The standard InChI is InChI=1S/C22H20FN5O/c1-27-12-11-24-21(27)20(17-7-9-19(23)10-8-17)26-22(29)18-13-25-28(15-18)14-16-5-3-2-4-6-16/h2-13,15,20H,14H2,1H3,(H,26,29). The molecule has 1 unspecified atom stereocenters. The number of aromatic nitrogens is 4. The molecule has 29 heavy (non-hydrogen) atoms. The molecule has 0 fully saturated rings. The molecule has 0 saturated carbocycles. The van der Waals surface area contributed by atoms with Crippen molar-refractivity contribution in [3.8, 4) is 0 Å². The monoisotopic (exact) mass is 389 g/mol. The number of nitrogens with zero attached hydrogens (tertiary/aromatic N) is 4. The summed E-state index contributed by atoms with van der Waals surface area (Å²) in [4.78, 5) is 17.2. The highest BCUT2D eigenvalue weighted by molar-refractivity contribution is 5.94. The van der Waals surface area contributed by atoms with E-state index in [1.165, 1.54) is 12.1 Å². The van der Waals surface area contributed by atoms with Gasteiger partial charge in [-0.3, -0.25) is 9.48 Å². The number of hydrogen-bond acceptors (Lipinski definition) is 3. The first-order valence-electron chi connectivity index (χ1n) is 9.20. The Labute approximate surface area is 167 Å². The molecule has 4 aromatic rings. The van der Waals surface area contributed by atoms with Crippen molar-refractivity contribution in [2.24, 2.45) is 7.05 Å². The van der Waals surface area contributed by atoms with Gasteiger partial charge in [0, 0.05) is 25.6 Å². The smallest absolute Gasteiger partial charge is 0.255 e. The van der Waals surface area contributed by atoms with Gasteiger partial charge in [-0.1, -0.05) is 42.5 Å². The number of rotatable bonds is 6. The number of halogens is 1. The fourth-order valence-electron chi connectivity index (χ4n) is 3.16. The van der Waals surface area contributed by atoms with Crippen molar-refractivity contribution in [2.75, 3.05) is 0 Å². The lowest BCUT2D eigenvalue weighted by molar-refractivity contribution is 0.0941. The highest BCUT2D eigenvalue weighted by Gasteiger charge is 2.22. The van der Waals surface area contributed by atoms with E-state index in [2.05, 4.69) is 15.4 Å². The van der Waals surface area contributed by atoms with Gasteiger partial charge in [0.1, 0.15) is 17.7 Å². The Kier molecular flexibility index (Phi) is 5.20. The molecule has 146 valence electrons. The van der Waals surface area contributed by atoms with Gasteiger partial charge in [-0.15, -0.1) is 0 Å². The van der Waals surface area contributed by atoms with E-state index in [1.54, 1.807) is 41.6 Å². The van der Waals surface area contributed by atoms with Gasteiger partial charge >= 0.3 is 0 Å². The quantitative estimate of drug-likeness (QED) is 0.550. The number of benzene rings is 2. The molecular formula is C22H20FN5O. The third kappa shape index (κ3) is 4.24. The maximum absolute atomic E-state index is 13.4. The summed E-state index contributed by atoms with van der Waals surface area (Å²) in [7, 11) is 1.85. The van der Waals surface area contributed by atoms with E-state index in [0.29, 0.717) is 17.9 Å². The van der Waals surface area contributed by atoms with Crippen molar-refractivity contribution in [3.63, 3.8) is 0 Å². The lowest BCUT2D eigenvalue weighted by Crippen LogP contribution is -2.31. The molecule has 4 rings (SSSR count). The fourth-order valence-corrected chi connectivity index (χ4v) is 3.16. The van der Waals surface area contributed by atoms with E-state index >= 15 is 0 Å². The summed E-state index contributed by atoms with van der Waals surface area (Å²) in [6.07, 6.45) is 6.71. The van der Waals surface area contributed by atoms with Crippen molar-refractivity contribution in [3.05, 3.63) is 108 Å². The Morgan fingerprint density at radius 1 is 1.14 bits per heavy atom. The molecule has 0 bridgehead atoms. The van der Waals surface area contributed by atoms with E-state index < -0.39 is 6.04 Å². The van der Waals surface area contributed by atoms with Gasteiger partial charge in [0.15, 0.2) is 0 Å². The summed E-state index contributed by atoms with van der Waals surface area (Å²) < 4.78 is 16.9. The summed E-state index contributed by atoms with van der Waals surface area (Å²) in [5, 5.41) is 7.28. The number of imidazole rings is 1. The molecule has 2 heterocycles. The van der Waals surface area contributed by atoms with Crippen LogP contribution in [0.3, 0.4) is 0 Å². The highest BCUT2D eigenvalue weighted by atomic mass is 19.1. The first kappa shape index (κ1) is 18.6. The van der Waals surface area contributed by atoms with Gasteiger partial charge < -0.3 is 9.88 Å². The third-order valence-corrected chi connectivity index (χ3v) is 4.68. The van der Waals surface area contributed by atoms with Gasteiger partial charge in [0.25, 0.3) is 5.91 Å². The van der Waals surface area contributed by atoms with Crippen LogP contribution in [0.1, 0.15) is 33.4 Å². The van der Waals surface area contributed by atoms with Crippen molar-refractivity contribution in [2.45, 2.75) is 12.6 Å². The molecule has 2 aromatic carbocycles. The largest absolute Gasteiger partial charge is 0.338 e. The number of hydrogen-bond donors (Lipinski definition) is 1. The lowest BCUT2D eigenvalue weighted by Gasteiger charge is -2.19. The van der Waals surface area contributed by atoms with Crippen LogP contribution >= 0.6 is 0 Å². The van der Waals surface area contributed by atoms with Gasteiger partial charge in [-0.25, -0.2) is 9.37 Å². The molecule has 2 aromatic heterocycles. The molecule has 0 spiro atoms. The minimum atomic E-state index is -0.513. The minimum Gasteiger partial charge on any atom is -0.338 e. The summed E-state index contributed by atoms with van der Waals surface area (Å²) in [5.41, 5.74) is 2.28. The zero-order chi connectivity index (χ0) is 20.2. The van der Waals surface area contributed by atoms with E-state index in [9.17, 15) is 9.18 Å². The molecule has 0 radical (unpaired) electrons. The first-order chi connectivity index (χ1) is 14.1. The summed E-state index contributed by atoms with van der Waals surface area (Å²) >= 11 is 0. The number of aryl methyl sites for hydroxylation is 1. The zero-order valence-corrected chi connectivity index (χ0v) is 15.9. The Balaban J connectivity index is 1.55.